The monoisotopic (exact) mass is 98.0 g/mol. The van der Waals surface area contributed by atoms with Crippen LogP contribution in [0, 0.1) is 0 Å². The predicted molar refractivity (Wildman–Crippen MR) is 7.55 cm³/mol. The zero-order valence-electron chi connectivity index (χ0n) is 5.72. The van der Waals surface area contributed by atoms with Gasteiger partial charge in [-0.2, -0.15) is 0 Å². The summed E-state index contributed by atoms with van der Waals surface area (Å²) in [6.45, 7) is 0. The quantitative estimate of drug-likeness (QED) is 0.282. The van der Waals surface area contributed by atoms with Crippen LogP contribution in [0.3, 0.4) is 0 Å². The Kier molecular flexibility index (Phi) is 53.1. The second kappa shape index (κ2) is 15.7. The fourth-order valence-corrected chi connectivity index (χ4v) is 0. The largest absolute Gasteiger partial charge is 1.00 e. The van der Waals surface area contributed by atoms with E-state index in [1.54, 1.807) is 0 Å². The molecule has 0 saturated heterocycles. The molecular formula is HLi3O3Si. The van der Waals surface area contributed by atoms with Gasteiger partial charge in [0.25, 0.3) is 0 Å². The van der Waals surface area contributed by atoms with Crippen molar-refractivity contribution in [3.8, 4) is 0 Å². The Morgan fingerprint density at radius 1 is 1.14 bits per heavy atom. The molecule has 0 N–H and O–H groups in total. The van der Waals surface area contributed by atoms with Crippen LogP contribution in [-0.4, -0.2) is 9.17 Å². The number of hydrogen-bond donors (Lipinski definition) is 0. The van der Waals surface area contributed by atoms with E-state index in [4.69, 9.17) is 14.1 Å². The van der Waals surface area contributed by atoms with Crippen LogP contribution in [0.5, 0.6) is 0 Å². The van der Waals surface area contributed by atoms with E-state index < -0.39 is 9.17 Å². The van der Waals surface area contributed by atoms with Gasteiger partial charge in [0.15, 0.2) is 0 Å². The van der Waals surface area contributed by atoms with Crippen LogP contribution >= 0.6 is 0 Å². The van der Waals surface area contributed by atoms with Crippen LogP contribution in [0.15, 0.2) is 0 Å². The summed E-state index contributed by atoms with van der Waals surface area (Å²) in [5.74, 6) is 0. The molecule has 7 heavy (non-hydrogen) atoms. The Labute approximate surface area is 80.8 Å². The minimum absolute atomic E-state index is 0. The van der Waals surface area contributed by atoms with Gasteiger partial charge >= 0.3 is 56.6 Å². The molecule has 0 aromatic heterocycles. The van der Waals surface area contributed by atoms with E-state index in [2.05, 4.69) is 0 Å². The summed E-state index contributed by atoms with van der Waals surface area (Å²) >= 11 is 0. The summed E-state index contributed by atoms with van der Waals surface area (Å²) in [5, 5.41) is 0. The van der Waals surface area contributed by atoms with E-state index in [0.29, 0.717) is 0 Å². The zero-order chi connectivity index (χ0) is 3.58. The van der Waals surface area contributed by atoms with E-state index >= 15 is 0 Å². The van der Waals surface area contributed by atoms with Gasteiger partial charge in [-0.1, -0.05) is 0 Å². The maximum atomic E-state index is 8.52. The average Bonchev–Trinajstić information content (AvgIpc) is 0.811. The zero-order valence-corrected chi connectivity index (χ0v) is 5.72. The summed E-state index contributed by atoms with van der Waals surface area (Å²) in [5.41, 5.74) is 0. The topological polar surface area (TPSA) is 63.2 Å². The van der Waals surface area contributed by atoms with E-state index in [0.717, 1.165) is 0 Å². The molecular weight excluding hydrogens is 96.9 g/mol. The fourth-order valence-electron chi connectivity index (χ4n) is 0. The first kappa shape index (κ1) is 23.7. The molecule has 0 unspecified atom stereocenters. The molecule has 0 saturated carbocycles. The van der Waals surface area contributed by atoms with Gasteiger partial charge in [0.05, 0.1) is 0 Å². The predicted octanol–water partition coefficient (Wildman–Crippen LogP) is -11.8. The molecule has 0 aliphatic carbocycles. The molecule has 0 aromatic carbocycles. The molecule has 0 spiro atoms. The van der Waals surface area contributed by atoms with E-state index in [1.807, 2.05) is 0 Å². The van der Waals surface area contributed by atoms with Gasteiger partial charge in [0.1, 0.15) is 0 Å². The Balaban J connectivity index is -0.00000000750. The Morgan fingerprint density at radius 3 is 1.14 bits per heavy atom. The van der Waals surface area contributed by atoms with Crippen LogP contribution in [0.1, 0.15) is 1.43 Å². The van der Waals surface area contributed by atoms with Gasteiger partial charge in [0, 0.05) is 9.17 Å². The molecule has 0 aromatic rings. The van der Waals surface area contributed by atoms with Crippen molar-refractivity contribution in [1.29, 1.82) is 0 Å². The minimum Gasteiger partial charge on any atom is -1.00 e. The molecule has 0 heterocycles. The maximum Gasteiger partial charge on any atom is 1.00 e. The normalized spacial score (nSPS) is 3.43. The molecule has 7 heteroatoms. The molecule has 0 rings (SSSR count). The van der Waals surface area contributed by atoms with Gasteiger partial charge in [0.2, 0.25) is 0 Å². The molecule has 3 nitrogen and oxygen atoms in total. The van der Waals surface area contributed by atoms with Crippen LogP contribution in [0.2, 0.25) is 0 Å². The molecule has 0 fully saturated rings. The van der Waals surface area contributed by atoms with Crippen molar-refractivity contribution < 1.29 is 72.1 Å². The second-order valence-corrected chi connectivity index (χ2v) is 0.750. The van der Waals surface area contributed by atoms with Crippen molar-refractivity contribution in [2.75, 3.05) is 0 Å². The molecule has 0 atom stereocenters. The van der Waals surface area contributed by atoms with E-state index in [1.165, 1.54) is 0 Å². The van der Waals surface area contributed by atoms with Crippen molar-refractivity contribution in [3.05, 3.63) is 0 Å². The van der Waals surface area contributed by atoms with Gasteiger partial charge in [-0.15, -0.1) is 0 Å². The van der Waals surface area contributed by atoms with Crippen LogP contribution < -0.4 is 66.2 Å². The summed E-state index contributed by atoms with van der Waals surface area (Å²) in [4.78, 5) is 17.0. The summed E-state index contributed by atoms with van der Waals surface area (Å²) in [6.07, 6.45) is 0. The van der Waals surface area contributed by atoms with Gasteiger partial charge in [-0.25, -0.2) is 0 Å². The first-order valence-electron chi connectivity index (χ1n) is 0.612. The van der Waals surface area contributed by atoms with Crippen LogP contribution in [-0.2, 0) is 4.46 Å². The van der Waals surface area contributed by atoms with Gasteiger partial charge in [-0.05, 0) is 0 Å². The van der Waals surface area contributed by atoms with Crippen molar-refractivity contribution in [2.24, 2.45) is 0 Å². The standard InChI is InChI=1S/3Li.O3Si.H/c;;;1-4(2)3;/q3*+1;-2;-1. The van der Waals surface area contributed by atoms with E-state index in [9.17, 15) is 0 Å². The minimum atomic E-state index is -3.63. The molecule has 26 valence electrons. The Bertz CT molecular complexity index is 37.5. The average molecular weight is 97.9 g/mol. The van der Waals surface area contributed by atoms with Crippen molar-refractivity contribution in [3.63, 3.8) is 0 Å². The maximum absolute atomic E-state index is 8.52. The summed E-state index contributed by atoms with van der Waals surface area (Å²) in [7, 11) is -3.63. The van der Waals surface area contributed by atoms with Gasteiger partial charge in [-0.3, -0.25) is 0 Å². The van der Waals surface area contributed by atoms with Crippen molar-refractivity contribution in [2.45, 2.75) is 0 Å². The number of hydrogen-bond acceptors (Lipinski definition) is 3. The first-order valence-corrected chi connectivity index (χ1v) is 1.84. The Morgan fingerprint density at radius 2 is 1.14 bits per heavy atom. The van der Waals surface area contributed by atoms with Gasteiger partial charge < -0.3 is 15.5 Å². The van der Waals surface area contributed by atoms with Crippen LogP contribution in [0.4, 0.5) is 0 Å². The van der Waals surface area contributed by atoms with Crippen LogP contribution in [0.25, 0.3) is 0 Å². The number of rotatable bonds is 0. The van der Waals surface area contributed by atoms with Crippen molar-refractivity contribution in [1.82, 2.24) is 0 Å². The SMILES string of the molecule is O=[Si]([O-])[O-].[H-].[Li+].[Li+].[Li+]. The third-order valence-corrected chi connectivity index (χ3v) is 0. The molecule has 0 aliphatic rings. The molecule has 0 bridgehead atoms. The summed E-state index contributed by atoms with van der Waals surface area (Å²) in [6, 6.07) is 0. The third kappa shape index (κ3) is 109. The third-order valence-electron chi connectivity index (χ3n) is 0. The Hall–Kier alpha value is 1.41. The first-order chi connectivity index (χ1) is 1.73. The second-order valence-electron chi connectivity index (χ2n) is 0.250. The van der Waals surface area contributed by atoms with Crippen molar-refractivity contribution >= 4 is 9.17 Å². The molecule has 0 amide bonds. The molecule has 0 aliphatic heterocycles. The smallest absolute Gasteiger partial charge is 1.00 e. The fraction of sp³-hybridized carbons (Fsp3) is 0. The summed E-state index contributed by atoms with van der Waals surface area (Å²) < 4.78 is 8.52. The molecule has 0 radical (unpaired) electrons. The van der Waals surface area contributed by atoms with E-state index in [-0.39, 0.29) is 58.0 Å².